The molecule has 0 fully saturated rings. The largest absolute Gasteiger partial charge is 0.363 e. The average Bonchev–Trinajstić information content (AvgIpc) is 2.56. The molecule has 0 saturated heterocycles. The van der Waals surface area contributed by atoms with E-state index in [1.165, 1.54) is 0 Å². The molecule has 1 heterocycles. The Morgan fingerprint density at radius 2 is 2.43 bits per heavy atom. The Bertz CT molecular complexity index is 270. The highest BCUT2D eigenvalue weighted by Crippen LogP contribution is 1.91. The van der Waals surface area contributed by atoms with Crippen LogP contribution in [0, 0.1) is 0 Å². The van der Waals surface area contributed by atoms with Gasteiger partial charge in [-0.2, -0.15) is 0 Å². The maximum atomic E-state index is 5.08. The Morgan fingerprint density at radius 1 is 1.64 bits per heavy atom. The summed E-state index contributed by atoms with van der Waals surface area (Å²) in [7, 11) is 0. The molecule has 0 aliphatic carbocycles. The molecule has 0 aliphatic heterocycles. The molecule has 1 rings (SSSR count). The van der Waals surface area contributed by atoms with E-state index in [9.17, 15) is 0 Å². The van der Waals surface area contributed by atoms with Crippen LogP contribution < -0.4 is 10.6 Å². The number of nitrogens with one attached hydrogen (secondary N) is 2. The van der Waals surface area contributed by atoms with Crippen LogP contribution in [0.15, 0.2) is 18.7 Å². The summed E-state index contributed by atoms with van der Waals surface area (Å²) in [6, 6.07) is 0.302. The van der Waals surface area contributed by atoms with Crippen molar-refractivity contribution in [3.63, 3.8) is 0 Å². The molecule has 0 amide bonds. The zero-order valence-corrected chi connectivity index (χ0v) is 9.34. The topological polar surface area (TPSA) is 41.9 Å². The summed E-state index contributed by atoms with van der Waals surface area (Å²) in [5.41, 5.74) is 0. The molecule has 5 heteroatoms. The summed E-state index contributed by atoms with van der Waals surface area (Å²) in [4.78, 5) is 3.98. The lowest BCUT2D eigenvalue weighted by atomic mass is 10.3. The van der Waals surface area contributed by atoms with Crippen molar-refractivity contribution in [2.75, 3.05) is 6.54 Å². The monoisotopic (exact) mass is 212 g/mol. The number of hydrogen-bond acceptors (Lipinski definition) is 2. The number of rotatable bonds is 4. The van der Waals surface area contributed by atoms with E-state index in [0.717, 1.165) is 13.1 Å². The fourth-order valence-electron chi connectivity index (χ4n) is 1.19. The summed E-state index contributed by atoms with van der Waals surface area (Å²) in [5, 5.41) is 6.95. The van der Waals surface area contributed by atoms with Gasteiger partial charge in [-0.1, -0.05) is 0 Å². The predicted octanol–water partition coefficient (Wildman–Crippen LogP) is 0.756. The Balaban J connectivity index is 2.29. The van der Waals surface area contributed by atoms with Crippen LogP contribution >= 0.6 is 12.2 Å². The van der Waals surface area contributed by atoms with Gasteiger partial charge in [0.15, 0.2) is 5.11 Å². The van der Waals surface area contributed by atoms with Gasteiger partial charge in [-0.15, -0.1) is 0 Å². The molecule has 0 aromatic carbocycles. The van der Waals surface area contributed by atoms with E-state index in [-0.39, 0.29) is 0 Å². The zero-order chi connectivity index (χ0) is 10.4. The molecular weight excluding hydrogens is 196 g/mol. The van der Waals surface area contributed by atoms with Crippen LogP contribution in [-0.2, 0) is 6.54 Å². The van der Waals surface area contributed by atoms with Gasteiger partial charge < -0.3 is 15.2 Å². The Morgan fingerprint density at radius 3 is 3.00 bits per heavy atom. The van der Waals surface area contributed by atoms with E-state index < -0.39 is 0 Å². The van der Waals surface area contributed by atoms with Crippen molar-refractivity contribution in [2.24, 2.45) is 0 Å². The van der Waals surface area contributed by atoms with Crippen LogP contribution in [0.2, 0.25) is 0 Å². The van der Waals surface area contributed by atoms with Gasteiger partial charge in [0.25, 0.3) is 0 Å². The van der Waals surface area contributed by atoms with Crippen molar-refractivity contribution < 1.29 is 0 Å². The van der Waals surface area contributed by atoms with Crippen molar-refractivity contribution in [3.05, 3.63) is 18.7 Å². The highest BCUT2D eigenvalue weighted by Gasteiger charge is 2.03. The van der Waals surface area contributed by atoms with Crippen LogP contribution in [0.25, 0.3) is 0 Å². The summed E-state index contributed by atoms with van der Waals surface area (Å²) >= 11 is 5.08. The van der Waals surface area contributed by atoms with Crippen LogP contribution in [0.1, 0.15) is 13.8 Å². The fourth-order valence-corrected chi connectivity index (χ4v) is 1.54. The normalized spacial score (nSPS) is 12.1. The minimum Gasteiger partial charge on any atom is -0.363 e. The number of thiocarbonyl (C=S) groups is 1. The van der Waals surface area contributed by atoms with Gasteiger partial charge in [0.2, 0.25) is 0 Å². The first-order valence-electron chi connectivity index (χ1n) is 4.72. The minimum absolute atomic E-state index is 0.302. The first-order chi connectivity index (χ1) is 6.72. The second-order valence-electron chi connectivity index (χ2n) is 3.16. The minimum atomic E-state index is 0.302. The summed E-state index contributed by atoms with van der Waals surface area (Å²) in [6.07, 6.45) is 5.51. The van der Waals surface area contributed by atoms with Gasteiger partial charge in [-0.3, -0.25) is 0 Å². The van der Waals surface area contributed by atoms with Crippen molar-refractivity contribution in [1.82, 2.24) is 20.2 Å². The lowest BCUT2D eigenvalue weighted by Gasteiger charge is -2.16. The molecule has 0 bridgehead atoms. The molecule has 1 aromatic heterocycles. The highest BCUT2D eigenvalue weighted by atomic mass is 32.1. The fraction of sp³-hybridized carbons (Fsp3) is 0.556. The lowest BCUT2D eigenvalue weighted by Crippen LogP contribution is -2.42. The van der Waals surface area contributed by atoms with Gasteiger partial charge in [0, 0.05) is 31.5 Å². The third-order valence-electron chi connectivity index (χ3n) is 1.76. The Labute approximate surface area is 89.7 Å². The average molecular weight is 212 g/mol. The lowest BCUT2D eigenvalue weighted by molar-refractivity contribution is 0.542. The molecule has 1 unspecified atom stereocenters. The molecule has 14 heavy (non-hydrogen) atoms. The van der Waals surface area contributed by atoms with Crippen LogP contribution in [0.3, 0.4) is 0 Å². The molecule has 1 atom stereocenters. The number of nitrogens with zero attached hydrogens (tertiary/aromatic N) is 2. The second-order valence-corrected chi connectivity index (χ2v) is 3.57. The van der Waals surface area contributed by atoms with Crippen molar-refractivity contribution in [1.29, 1.82) is 0 Å². The quantitative estimate of drug-likeness (QED) is 0.723. The zero-order valence-electron chi connectivity index (χ0n) is 8.53. The Hall–Kier alpha value is -1.10. The van der Waals surface area contributed by atoms with Crippen molar-refractivity contribution in [3.8, 4) is 0 Å². The molecule has 0 saturated carbocycles. The smallest absolute Gasteiger partial charge is 0.166 e. The van der Waals surface area contributed by atoms with E-state index in [0.29, 0.717) is 11.2 Å². The number of hydrogen-bond donors (Lipinski definition) is 2. The van der Waals surface area contributed by atoms with Crippen LogP contribution in [0.5, 0.6) is 0 Å². The maximum absolute atomic E-state index is 5.08. The standard InChI is InChI=1S/C9H16N4S/c1-3-11-9(14)12-8(2)6-13-5-4-10-7-13/h4-5,7-8H,3,6H2,1-2H3,(H2,11,12,14). The van der Waals surface area contributed by atoms with Crippen molar-refractivity contribution in [2.45, 2.75) is 26.4 Å². The highest BCUT2D eigenvalue weighted by molar-refractivity contribution is 7.80. The maximum Gasteiger partial charge on any atom is 0.166 e. The molecular formula is C9H16N4S. The van der Waals surface area contributed by atoms with E-state index in [1.54, 1.807) is 12.5 Å². The summed E-state index contributed by atoms with van der Waals surface area (Å²) in [6.45, 7) is 5.83. The predicted molar refractivity (Wildman–Crippen MR) is 61.1 cm³/mol. The van der Waals surface area contributed by atoms with E-state index in [4.69, 9.17) is 12.2 Å². The summed E-state index contributed by atoms with van der Waals surface area (Å²) in [5.74, 6) is 0. The van der Waals surface area contributed by atoms with Crippen LogP contribution in [-0.4, -0.2) is 27.3 Å². The molecule has 4 nitrogen and oxygen atoms in total. The van der Waals surface area contributed by atoms with Crippen molar-refractivity contribution >= 4 is 17.3 Å². The molecule has 2 N–H and O–H groups in total. The molecule has 78 valence electrons. The molecule has 0 spiro atoms. The van der Waals surface area contributed by atoms with Gasteiger partial charge in [0.1, 0.15) is 0 Å². The SMILES string of the molecule is CCNC(=S)NC(C)Cn1ccnc1. The third kappa shape index (κ3) is 3.74. The molecule has 1 aromatic rings. The van der Waals surface area contributed by atoms with Crippen LogP contribution in [0.4, 0.5) is 0 Å². The van der Waals surface area contributed by atoms with E-state index in [1.807, 2.05) is 17.7 Å². The van der Waals surface area contributed by atoms with Gasteiger partial charge in [-0.25, -0.2) is 4.98 Å². The van der Waals surface area contributed by atoms with Gasteiger partial charge in [-0.05, 0) is 26.1 Å². The molecule has 0 aliphatic rings. The third-order valence-corrected chi connectivity index (χ3v) is 2.02. The summed E-state index contributed by atoms with van der Waals surface area (Å²) < 4.78 is 2.02. The number of imidazole rings is 1. The van der Waals surface area contributed by atoms with Gasteiger partial charge in [0.05, 0.1) is 6.33 Å². The second kappa shape index (κ2) is 5.59. The first kappa shape index (κ1) is 11.0. The number of aromatic nitrogens is 2. The first-order valence-corrected chi connectivity index (χ1v) is 5.13. The van der Waals surface area contributed by atoms with E-state index in [2.05, 4.69) is 22.5 Å². The van der Waals surface area contributed by atoms with Gasteiger partial charge >= 0.3 is 0 Å². The van der Waals surface area contributed by atoms with E-state index >= 15 is 0 Å². The Kier molecular flexibility index (Phi) is 4.39. The molecule has 0 radical (unpaired) electrons.